The number of amides is 1. The van der Waals surface area contributed by atoms with Gasteiger partial charge in [-0.2, -0.15) is 0 Å². The van der Waals surface area contributed by atoms with Crippen molar-refractivity contribution in [2.45, 2.75) is 44.1 Å². The van der Waals surface area contributed by atoms with Crippen molar-refractivity contribution in [3.63, 3.8) is 0 Å². The van der Waals surface area contributed by atoms with E-state index in [1.165, 1.54) is 0 Å². The average molecular weight is 217 g/mol. The second kappa shape index (κ2) is 3.74. The van der Waals surface area contributed by atoms with Crippen LogP contribution in [0.5, 0.6) is 0 Å². The maximum Gasteiger partial charge on any atom is 0.255 e. The molecule has 1 fully saturated rings. The molecule has 0 spiro atoms. The van der Waals surface area contributed by atoms with E-state index in [1.807, 2.05) is 6.26 Å². The van der Waals surface area contributed by atoms with Crippen LogP contribution in [0.2, 0.25) is 0 Å². The molecule has 0 bridgehead atoms. The van der Waals surface area contributed by atoms with Gasteiger partial charge in [0.1, 0.15) is 5.60 Å². The molecule has 0 saturated carbocycles. The van der Waals surface area contributed by atoms with Gasteiger partial charge in [-0.05, 0) is 26.5 Å². The molecule has 1 aliphatic heterocycles. The van der Waals surface area contributed by atoms with Crippen LogP contribution in [0.4, 0.5) is 0 Å². The van der Waals surface area contributed by atoms with Crippen molar-refractivity contribution in [1.82, 2.24) is 4.90 Å². The predicted molar refractivity (Wildman–Crippen MR) is 59.2 cm³/mol. The average Bonchev–Trinajstić information content (AvgIpc) is 2.42. The summed E-state index contributed by atoms with van der Waals surface area (Å²) < 4.78 is 0. The Bertz CT molecular complexity index is 236. The molecule has 2 atom stereocenters. The molecule has 0 aliphatic carbocycles. The fourth-order valence-electron chi connectivity index (χ4n) is 1.73. The number of rotatable bonds is 3. The summed E-state index contributed by atoms with van der Waals surface area (Å²) in [5, 5.41) is 9.79. The van der Waals surface area contributed by atoms with Crippen molar-refractivity contribution in [2.24, 2.45) is 0 Å². The number of hydrogen-bond acceptors (Lipinski definition) is 3. The fourth-order valence-corrected chi connectivity index (χ4v) is 2.41. The smallest absolute Gasteiger partial charge is 0.255 e. The molecule has 1 heterocycles. The number of nitrogens with zero attached hydrogens (tertiary/aromatic N) is 1. The predicted octanol–water partition coefficient (Wildman–Crippen LogP) is 1.46. The molecule has 82 valence electrons. The van der Waals surface area contributed by atoms with E-state index >= 15 is 0 Å². The van der Waals surface area contributed by atoms with Crippen LogP contribution in [0.25, 0.3) is 0 Å². The van der Waals surface area contributed by atoms with Crippen LogP contribution in [-0.4, -0.2) is 39.2 Å². The Morgan fingerprint density at radius 3 is 2.57 bits per heavy atom. The standard InChI is InChI=1S/C10H19NO2S/c1-5-10(3,14-4)11-7-6-9(2,13)8(11)12/h13H,5-7H2,1-4H3. The molecule has 1 amide bonds. The van der Waals surface area contributed by atoms with E-state index in [0.29, 0.717) is 13.0 Å². The van der Waals surface area contributed by atoms with Gasteiger partial charge < -0.3 is 10.0 Å². The van der Waals surface area contributed by atoms with Crippen LogP contribution >= 0.6 is 11.8 Å². The van der Waals surface area contributed by atoms with Crippen LogP contribution < -0.4 is 0 Å². The summed E-state index contributed by atoms with van der Waals surface area (Å²) in [6, 6.07) is 0. The SMILES string of the molecule is CCC(C)(SC)N1CCC(C)(O)C1=O. The summed E-state index contributed by atoms with van der Waals surface area (Å²) in [6.07, 6.45) is 3.45. The van der Waals surface area contributed by atoms with Crippen molar-refractivity contribution in [3.8, 4) is 0 Å². The molecule has 0 radical (unpaired) electrons. The molecule has 0 aromatic heterocycles. The van der Waals surface area contributed by atoms with Crippen LogP contribution in [0, 0.1) is 0 Å². The van der Waals surface area contributed by atoms with Gasteiger partial charge in [0.25, 0.3) is 5.91 Å². The highest BCUT2D eigenvalue weighted by Gasteiger charge is 2.47. The Morgan fingerprint density at radius 2 is 2.29 bits per heavy atom. The van der Waals surface area contributed by atoms with Crippen molar-refractivity contribution < 1.29 is 9.90 Å². The molecular weight excluding hydrogens is 198 g/mol. The lowest BCUT2D eigenvalue weighted by atomic mass is 10.1. The van der Waals surface area contributed by atoms with E-state index < -0.39 is 5.60 Å². The van der Waals surface area contributed by atoms with E-state index in [4.69, 9.17) is 0 Å². The summed E-state index contributed by atoms with van der Waals surface area (Å²) in [5.41, 5.74) is -1.15. The lowest BCUT2D eigenvalue weighted by molar-refractivity contribution is -0.144. The Morgan fingerprint density at radius 1 is 1.71 bits per heavy atom. The summed E-state index contributed by atoms with van der Waals surface area (Å²) in [7, 11) is 0. The topological polar surface area (TPSA) is 40.5 Å². The van der Waals surface area contributed by atoms with E-state index in [2.05, 4.69) is 13.8 Å². The minimum absolute atomic E-state index is 0.129. The van der Waals surface area contributed by atoms with Gasteiger partial charge in [0, 0.05) is 13.0 Å². The zero-order chi connectivity index (χ0) is 11.0. The Labute approximate surface area is 89.9 Å². The maximum atomic E-state index is 11.9. The Balaban J connectivity index is 2.86. The van der Waals surface area contributed by atoms with Gasteiger partial charge in [-0.1, -0.05) is 6.92 Å². The highest BCUT2D eigenvalue weighted by Crippen LogP contribution is 2.36. The van der Waals surface area contributed by atoms with Crippen molar-refractivity contribution in [3.05, 3.63) is 0 Å². The zero-order valence-corrected chi connectivity index (χ0v) is 10.1. The number of likely N-dealkylation sites (tertiary alicyclic amines) is 1. The summed E-state index contributed by atoms with van der Waals surface area (Å²) in [6.45, 7) is 6.39. The monoisotopic (exact) mass is 217 g/mol. The number of hydrogen-bond donors (Lipinski definition) is 1. The molecule has 0 aromatic rings. The van der Waals surface area contributed by atoms with E-state index in [0.717, 1.165) is 6.42 Å². The first-order valence-electron chi connectivity index (χ1n) is 4.97. The van der Waals surface area contributed by atoms with Crippen molar-refractivity contribution in [2.75, 3.05) is 12.8 Å². The number of carbonyl (C=O) groups excluding carboxylic acids is 1. The number of carbonyl (C=O) groups is 1. The molecule has 1 N–H and O–H groups in total. The van der Waals surface area contributed by atoms with Gasteiger partial charge in [0.2, 0.25) is 0 Å². The molecule has 1 rings (SSSR count). The largest absolute Gasteiger partial charge is 0.380 e. The normalized spacial score (nSPS) is 32.1. The molecule has 4 heteroatoms. The van der Waals surface area contributed by atoms with Gasteiger partial charge in [0.05, 0.1) is 4.87 Å². The summed E-state index contributed by atoms with van der Waals surface area (Å²) in [4.78, 5) is 13.5. The molecule has 1 aliphatic rings. The minimum Gasteiger partial charge on any atom is -0.380 e. The summed E-state index contributed by atoms with van der Waals surface area (Å²) in [5.74, 6) is -0.129. The first kappa shape index (κ1) is 11.9. The molecule has 0 aromatic carbocycles. The lowest BCUT2D eigenvalue weighted by Gasteiger charge is -2.37. The Kier molecular flexibility index (Phi) is 3.17. The third kappa shape index (κ3) is 1.77. The molecule has 14 heavy (non-hydrogen) atoms. The molecule has 2 unspecified atom stereocenters. The van der Waals surface area contributed by atoms with E-state index in [1.54, 1.807) is 23.6 Å². The lowest BCUT2D eigenvalue weighted by Crippen LogP contribution is -2.48. The third-order valence-electron chi connectivity index (χ3n) is 3.19. The highest BCUT2D eigenvalue weighted by atomic mass is 32.2. The fraction of sp³-hybridized carbons (Fsp3) is 0.900. The first-order valence-corrected chi connectivity index (χ1v) is 6.19. The van der Waals surface area contributed by atoms with Gasteiger partial charge >= 0.3 is 0 Å². The van der Waals surface area contributed by atoms with Crippen LogP contribution in [0.1, 0.15) is 33.6 Å². The second-order valence-corrected chi connectivity index (χ2v) is 5.50. The van der Waals surface area contributed by atoms with Gasteiger partial charge in [-0.3, -0.25) is 4.79 Å². The van der Waals surface area contributed by atoms with Gasteiger partial charge in [-0.25, -0.2) is 0 Å². The maximum absolute atomic E-state index is 11.9. The van der Waals surface area contributed by atoms with E-state index in [9.17, 15) is 9.90 Å². The van der Waals surface area contributed by atoms with Crippen LogP contribution in [0.3, 0.4) is 0 Å². The third-order valence-corrected chi connectivity index (χ3v) is 4.58. The number of thioether (sulfide) groups is 1. The van der Waals surface area contributed by atoms with Gasteiger partial charge in [0.15, 0.2) is 0 Å². The first-order chi connectivity index (χ1) is 6.37. The van der Waals surface area contributed by atoms with Crippen molar-refractivity contribution >= 4 is 17.7 Å². The zero-order valence-electron chi connectivity index (χ0n) is 9.33. The van der Waals surface area contributed by atoms with Gasteiger partial charge in [-0.15, -0.1) is 11.8 Å². The molecule has 1 saturated heterocycles. The minimum atomic E-state index is -1.15. The van der Waals surface area contributed by atoms with E-state index in [-0.39, 0.29) is 10.8 Å². The highest BCUT2D eigenvalue weighted by molar-refractivity contribution is 7.99. The quantitative estimate of drug-likeness (QED) is 0.778. The summed E-state index contributed by atoms with van der Waals surface area (Å²) >= 11 is 1.67. The number of aliphatic hydroxyl groups is 1. The Hall–Kier alpha value is -0.220. The van der Waals surface area contributed by atoms with Crippen LogP contribution in [-0.2, 0) is 4.79 Å². The second-order valence-electron chi connectivity index (χ2n) is 4.21. The molecular formula is C10H19NO2S. The molecule has 3 nitrogen and oxygen atoms in total. The van der Waals surface area contributed by atoms with Crippen LogP contribution in [0.15, 0.2) is 0 Å². The van der Waals surface area contributed by atoms with Crippen molar-refractivity contribution in [1.29, 1.82) is 0 Å².